The summed E-state index contributed by atoms with van der Waals surface area (Å²) in [5, 5.41) is 7.06. The van der Waals surface area contributed by atoms with Crippen LogP contribution in [0.3, 0.4) is 0 Å². The van der Waals surface area contributed by atoms with Crippen molar-refractivity contribution in [2.45, 2.75) is 44.9 Å². The second kappa shape index (κ2) is 14.8. The van der Waals surface area contributed by atoms with Crippen molar-refractivity contribution in [3.63, 3.8) is 0 Å². The third-order valence-corrected chi connectivity index (χ3v) is 6.96. The van der Waals surface area contributed by atoms with Gasteiger partial charge < -0.3 is 34.5 Å². The summed E-state index contributed by atoms with van der Waals surface area (Å²) in [4.78, 5) is 51.5. The molecule has 0 saturated carbocycles. The molecule has 2 heterocycles. The van der Waals surface area contributed by atoms with Gasteiger partial charge in [0.05, 0.1) is 38.4 Å². The maximum Gasteiger partial charge on any atom is 0.407 e. The summed E-state index contributed by atoms with van der Waals surface area (Å²) >= 11 is 1.13. The number of nitrogens with one attached hydrogen (secondary N) is 2. The molecule has 13 heteroatoms. The number of esters is 1. The lowest BCUT2D eigenvalue weighted by Crippen LogP contribution is -2.44. The Hall–Kier alpha value is -3.97. The predicted octanol–water partition coefficient (Wildman–Crippen LogP) is 3.53. The number of hydrogen-bond donors (Lipinski definition) is 2. The van der Waals surface area contributed by atoms with E-state index in [0.717, 1.165) is 11.3 Å². The second-order valence-corrected chi connectivity index (χ2v) is 11.4. The van der Waals surface area contributed by atoms with Crippen LogP contribution in [0.1, 0.15) is 36.9 Å². The average Bonchev–Trinajstić information content (AvgIpc) is 3.60. The Morgan fingerprint density at radius 1 is 1.14 bits per heavy atom. The van der Waals surface area contributed by atoms with Gasteiger partial charge in [-0.2, -0.15) is 0 Å². The minimum Gasteiger partial charge on any atom is -0.497 e. The van der Waals surface area contributed by atoms with E-state index in [2.05, 4.69) is 10.6 Å². The molecule has 1 aromatic carbocycles. The SMILES string of the molecule is COC(=O)C(COCC=CC(=O)N1CCC(NC(=O)OC(C)(C)C)C1)NC(=O)c1cc(-c2cc(F)cc(OC)c2)cs1. The first-order chi connectivity index (χ1) is 19.9. The number of carbonyl (C=O) groups is 4. The number of halogens is 1. The minimum absolute atomic E-state index is 0.00703. The van der Waals surface area contributed by atoms with E-state index >= 15 is 0 Å². The lowest BCUT2D eigenvalue weighted by molar-refractivity contribution is -0.144. The average molecular weight is 606 g/mol. The second-order valence-electron chi connectivity index (χ2n) is 10.5. The molecule has 0 aliphatic carbocycles. The molecule has 1 saturated heterocycles. The first-order valence-electron chi connectivity index (χ1n) is 13.2. The molecule has 1 fully saturated rings. The van der Waals surface area contributed by atoms with Crippen LogP contribution in [0.15, 0.2) is 41.8 Å². The molecule has 0 bridgehead atoms. The fraction of sp³-hybridized carbons (Fsp3) is 0.448. The molecule has 2 aromatic rings. The zero-order valence-electron chi connectivity index (χ0n) is 24.2. The van der Waals surface area contributed by atoms with Crippen LogP contribution >= 0.6 is 11.3 Å². The van der Waals surface area contributed by atoms with E-state index in [1.54, 1.807) is 43.2 Å². The van der Waals surface area contributed by atoms with Gasteiger partial charge in [0.2, 0.25) is 5.91 Å². The molecular weight excluding hydrogens is 569 g/mol. The van der Waals surface area contributed by atoms with Crippen molar-refractivity contribution < 1.29 is 42.5 Å². The van der Waals surface area contributed by atoms with Crippen molar-refractivity contribution in [2.24, 2.45) is 0 Å². The molecule has 3 rings (SSSR count). The topological polar surface area (TPSA) is 132 Å². The summed E-state index contributed by atoms with van der Waals surface area (Å²) in [5.74, 6) is -1.59. The summed E-state index contributed by atoms with van der Waals surface area (Å²) in [6, 6.07) is 4.53. The number of ether oxygens (including phenoxy) is 4. The van der Waals surface area contributed by atoms with Gasteiger partial charge in [-0.15, -0.1) is 11.3 Å². The number of carbonyl (C=O) groups excluding carboxylic acids is 4. The van der Waals surface area contributed by atoms with E-state index in [4.69, 9.17) is 18.9 Å². The molecule has 0 spiro atoms. The highest BCUT2D eigenvalue weighted by Crippen LogP contribution is 2.29. The summed E-state index contributed by atoms with van der Waals surface area (Å²) in [7, 11) is 2.63. The highest BCUT2D eigenvalue weighted by atomic mass is 32.1. The Kier molecular flexibility index (Phi) is 11.5. The van der Waals surface area contributed by atoms with Crippen LogP contribution in [0.5, 0.6) is 5.75 Å². The lowest BCUT2D eigenvalue weighted by Gasteiger charge is -2.21. The highest BCUT2D eigenvalue weighted by Gasteiger charge is 2.28. The highest BCUT2D eigenvalue weighted by molar-refractivity contribution is 7.12. The van der Waals surface area contributed by atoms with Gasteiger partial charge in [-0.25, -0.2) is 14.0 Å². The molecule has 1 aliphatic heterocycles. The van der Waals surface area contributed by atoms with Crippen LogP contribution in [-0.4, -0.2) is 87.0 Å². The molecule has 2 atom stereocenters. The molecule has 1 aromatic heterocycles. The van der Waals surface area contributed by atoms with Crippen LogP contribution in [-0.2, 0) is 23.8 Å². The Balaban J connectivity index is 1.47. The van der Waals surface area contributed by atoms with Crippen LogP contribution < -0.4 is 15.4 Å². The summed E-state index contributed by atoms with van der Waals surface area (Å²) < 4.78 is 34.5. The van der Waals surface area contributed by atoms with E-state index in [-0.39, 0.29) is 25.2 Å². The molecule has 42 heavy (non-hydrogen) atoms. The molecule has 2 unspecified atom stereocenters. The lowest BCUT2D eigenvalue weighted by atomic mass is 10.1. The molecule has 1 aliphatic rings. The number of amides is 3. The third-order valence-electron chi connectivity index (χ3n) is 6.03. The van der Waals surface area contributed by atoms with E-state index in [1.165, 1.54) is 38.5 Å². The first kappa shape index (κ1) is 32.5. The largest absolute Gasteiger partial charge is 0.497 e. The molecule has 3 amide bonds. The van der Waals surface area contributed by atoms with Crippen LogP contribution in [0.2, 0.25) is 0 Å². The number of benzene rings is 1. The van der Waals surface area contributed by atoms with Crippen LogP contribution in [0.25, 0.3) is 11.1 Å². The number of likely N-dealkylation sites (tertiary alicyclic amines) is 1. The van der Waals surface area contributed by atoms with Crippen molar-refractivity contribution in [1.29, 1.82) is 0 Å². The van der Waals surface area contributed by atoms with Crippen molar-refractivity contribution >= 4 is 35.2 Å². The fourth-order valence-electron chi connectivity index (χ4n) is 4.05. The first-order valence-corrected chi connectivity index (χ1v) is 14.1. The van der Waals surface area contributed by atoms with E-state index in [9.17, 15) is 23.6 Å². The van der Waals surface area contributed by atoms with E-state index in [1.807, 2.05) is 0 Å². The Morgan fingerprint density at radius 3 is 2.60 bits per heavy atom. The van der Waals surface area contributed by atoms with Gasteiger partial charge in [0.15, 0.2) is 6.04 Å². The predicted molar refractivity (Wildman–Crippen MR) is 154 cm³/mol. The Morgan fingerprint density at radius 2 is 1.90 bits per heavy atom. The molecule has 0 radical (unpaired) electrons. The van der Waals surface area contributed by atoms with Gasteiger partial charge in [0.25, 0.3) is 5.91 Å². The summed E-state index contributed by atoms with van der Waals surface area (Å²) in [5.41, 5.74) is 0.553. The maximum atomic E-state index is 13.9. The monoisotopic (exact) mass is 605 g/mol. The van der Waals surface area contributed by atoms with E-state index < -0.39 is 35.4 Å². The zero-order chi connectivity index (χ0) is 30.9. The number of rotatable bonds is 11. The van der Waals surface area contributed by atoms with Gasteiger partial charge in [-0.3, -0.25) is 9.59 Å². The van der Waals surface area contributed by atoms with Gasteiger partial charge in [0.1, 0.15) is 17.2 Å². The van der Waals surface area contributed by atoms with E-state index in [0.29, 0.717) is 41.3 Å². The van der Waals surface area contributed by atoms with Crippen molar-refractivity contribution in [3.8, 4) is 16.9 Å². The quantitative estimate of drug-likeness (QED) is 0.226. The Bertz CT molecular complexity index is 1310. The summed E-state index contributed by atoms with van der Waals surface area (Å²) in [6.07, 6.45) is 2.95. The fourth-order valence-corrected chi connectivity index (χ4v) is 4.87. The zero-order valence-corrected chi connectivity index (χ0v) is 25.0. The smallest absolute Gasteiger partial charge is 0.407 e. The summed E-state index contributed by atoms with van der Waals surface area (Å²) in [6.45, 7) is 5.99. The minimum atomic E-state index is -1.09. The standard InChI is InChI=1S/C29H36FN3O8S/c1-29(2,3)41-28(37)31-21-8-9-33(15-21)25(34)7-6-10-40-16-23(27(36)39-5)32-26(35)24-13-19(17-42-24)18-11-20(30)14-22(12-18)38-4/h6-7,11-14,17,21,23H,8-10,15-16H2,1-5H3,(H,31,37)(H,32,35). The van der Waals surface area contributed by atoms with Crippen LogP contribution in [0.4, 0.5) is 9.18 Å². The molecular formula is C29H36FN3O8S. The number of methoxy groups -OCH3 is 2. The molecule has 2 N–H and O–H groups in total. The van der Waals surface area contributed by atoms with Crippen molar-refractivity contribution in [3.05, 3.63) is 52.5 Å². The number of alkyl carbamates (subject to hydrolysis) is 1. The number of nitrogens with zero attached hydrogens (tertiary/aromatic N) is 1. The maximum absolute atomic E-state index is 13.9. The van der Waals surface area contributed by atoms with Gasteiger partial charge in [0, 0.05) is 25.2 Å². The molecule has 228 valence electrons. The van der Waals surface area contributed by atoms with Crippen molar-refractivity contribution in [2.75, 3.05) is 40.5 Å². The molecule has 11 nitrogen and oxygen atoms in total. The Labute approximate surface area is 247 Å². The van der Waals surface area contributed by atoms with Gasteiger partial charge >= 0.3 is 12.1 Å². The van der Waals surface area contributed by atoms with Gasteiger partial charge in [-0.05, 0) is 61.9 Å². The number of thiophene rings is 1. The number of hydrogen-bond acceptors (Lipinski definition) is 9. The van der Waals surface area contributed by atoms with Crippen LogP contribution in [0, 0.1) is 5.82 Å². The normalized spacial score (nSPS) is 15.8. The van der Waals surface area contributed by atoms with Gasteiger partial charge in [-0.1, -0.05) is 6.08 Å². The van der Waals surface area contributed by atoms with Crippen molar-refractivity contribution in [1.82, 2.24) is 15.5 Å². The third kappa shape index (κ3) is 9.84.